The molecule has 3 heterocycles. The molecule has 0 radical (unpaired) electrons. The molecule has 13 rings (SSSR count). The monoisotopic (exact) mass is 823 g/mol. The maximum absolute atomic E-state index is 6.55. The van der Waals surface area contributed by atoms with Gasteiger partial charge in [-0.2, -0.15) is 0 Å². The van der Waals surface area contributed by atoms with E-state index in [1.54, 1.807) is 0 Å². The Labute approximate surface area is 368 Å². The summed E-state index contributed by atoms with van der Waals surface area (Å²) in [7, 11) is 0. The SMILES string of the molecule is c1ccc2c(c1)Oc1ccccc1N2c1cc(N(c2ccc(-c3cccc4c3sc3ccccc34)cc2)c2cccc3ccccc23)cc(-n2c3ccccc3c3ccccc32)c1. The van der Waals surface area contributed by atoms with E-state index >= 15 is 0 Å². The van der Waals surface area contributed by atoms with Crippen LogP contribution >= 0.6 is 11.3 Å². The zero-order valence-corrected chi connectivity index (χ0v) is 34.8. The molecule has 1 aliphatic rings. The number of anilines is 6. The summed E-state index contributed by atoms with van der Waals surface area (Å²) in [6, 6.07) is 81.1. The minimum atomic E-state index is 0.815. The Morgan fingerprint density at radius 1 is 0.413 bits per heavy atom. The van der Waals surface area contributed by atoms with Crippen molar-refractivity contribution in [1.29, 1.82) is 0 Å². The summed E-state index contributed by atoms with van der Waals surface area (Å²) in [4.78, 5) is 4.79. The van der Waals surface area contributed by atoms with Gasteiger partial charge in [0.05, 0.1) is 45.2 Å². The third-order valence-electron chi connectivity index (χ3n) is 12.5. The van der Waals surface area contributed by atoms with E-state index in [0.29, 0.717) is 0 Å². The predicted molar refractivity (Wildman–Crippen MR) is 266 cm³/mol. The van der Waals surface area contributed by atoms with Crippen molar-refractivity contribution in [2.24, 2.45) is 0 Å². The van der Waals surface area contributed by atoms with Crippen LogP contribution in [0.5, 0.6) is 11.5 Å². The molecule has 4 nitrogen and oxygen atoms in total. The van der Waals surface area contributed by atoms with Crippen molar-refractivity contribution in [3.05, 3.63) is 224 Å². The molecule has 0 amide bonds. The van der Waals surface area contributed by atoms with Crippen LogP contribution in [0.15, 0.2) is 224 Å². The van der Waals surface area contributed by atoms with Gasteiger partial charge in [0.15, 0.2) is 11.5 Å². The van der Waals surface area contributed by atoms with Crippen molar-refractivity contribution in [3.8, 4) is 28.3 Å². The highest BCUT2D eigenvalue weighted by Crippen LogP contribution is 2.52. The van der Waals surface area contributed by atoms with E-state index in [1.807, 2.05) is 23.5 Å². The van der Waals surface area contributed by atoms with E-state index < -0.39 is 0 Å². The van der Waals surface area contributed by atoms with Gasteiger partial charge in [0.2, 0.25) is 0 Å². The second-order valence-corrected chi connectivity index (χ2v) is 17.2. The van der Waals surface area contributed by atoms with Crippen molar-refractivity contribution in [2.75, 3.05) is 9.80 Å². The third kappa shape index (κ3) is 5.67. The molecule has 0 fully saturated rings. The summed E-state index contributed by atoms with van der Waals surface area (Å²) < 4.78 is 11.6. The Bertz CT molecular complexity index is 3650. The molecule has 5 heteroatoms. The van der Waals surface area contributed by atoms with Crippen LogP contribution in [0.4, 0.5) is 34.1 Å². The minimum absolute atomic E-state index is 0.815. The van der Waals surface area contributed by atoms with Gasteiger partial charge >= 0.3 is 0 Å². The van der Waals surface area contributed by atoms with Gasteiger partial charge in [-0.15, -0.1) is 11.3 Å². The number of thiophene rings is 1. The summed E-state index contributed by atoms with van der Waals surface area (Å²) >= 11 is 1.87. The van der Waals surface area contributed by atoms with Crippen LogP contribution in [0.3, 0.4) is 0 Å². The van der Waals surface area contributed by atoms with E-state index in [-0.39, 0.29) is 0 Å². The van der Waals surface area contributed by atoms with Crippen molar-refractivity contribution in [2.45, 2.75) is 0 Å². The zero-order chi connectivity index (χ0) is 41.4. The van der Waals surface area contributed by atoms with Crippen molar-refractivity contribution in [3.63, 3.8) is 0 Å². The normalized spacial score (nSPS) is 12.2. The molecule has 0 spiro atoms. The third-order valence-corrected chi connectivity index (χ3v) is 13.7. The second kappa shape index (κ2) is 14.2. The van der Waals surface area contributed by atoms with Crippen LogP contribution in [0.2, 0.25) is 0 Å². The molecule has 63 heavy (non-hydrogen) atoms. The van der Waals surface area contributed by atoms with Crippen molar-refractivity contribution < 1.29 is 4.74 Å². The lowest BCUT2D eigenvalue weighted by atomic mass is 10.0. The predicted octanol–water partition coefficient (Wildman–Crippen LogP) is 17.0. The van der Waals surface area contributed by atoms with Gasteiger partial charge in [-0.1, -0.05) is 146 Å². The number of ether oxygens (including phenoxy) is 1. The van der Waals surface area contributed by atoms with Gasteiger partial charge < -0.3 is 19.1 Å². The highest BCUT2D eigenvalue weighted by atomic mass is 32.1. The Kier molecular flexibility index (Phi) is 8.05. The molecule has 0 atom stereocenters. The lowest BCUT2D eigenvalue weighted by Crippen LogP contribution is -2.17. The number of hydrogen-bond acceptors (Lipinski definition) is 4. The largest absolute Gasteiger partial charge is 0.453 e. The van der Waals surface area contributed by atoms with E-state index in [4.69, 9.17) is 4.74 Å². The first-order valence-electron chi connectivity index (χ1n) is 21.3. The molecule has 0 saturated carbocycles. The van der Waals surface area contributed by atoms with Gasteiger partial charge in [0, 0.05) is 42.0 Å². The number of benzene rings is 10. The summed E-state index contributed by atoms with van der Waals surface area (Å²) in [5.41, 5.74) is 12.0. The van der Waals surface area contributed by atoms with Gasteiger partial charge in [0.25, 0.3) is 0 Å². The maximum atomic E-state index is 6.55. The molecular formula is C58H37N3OS. The quantitative estimate of drug-likeness (QED) is 0.167. The molecule has 0 N–H and O–H groups in total. The highest BCUT2D eigenvalue weighted by Gasteiger charge is 2.28. The highest BCUT2D eigenvalue weighted by molar-refractivity contribution is 7.26. The topological polar surface area (TPSA) is 20.6 Å². The number of fused-ring (bicyclic) bond motifs is 9. The Morgan fingerprint density at radius 3 is 1.73 bits per heavy atom. The fraction of sp³-hybridized carbons (Fsp3) is 0. The Hall–Kier alpha value is -8.12. The summed E-state index contributed by atoms with van der Waals surface area (Å²) in [5, 5.41) is 7.40. The number of rotatable bonds is 6. The van der Waals surface area contributed by atoms with Crippen LogP contribution in [-0.4, -0.2) is 4.57 Å². The summed E-state index contributed by atoms with van der Waals surface area (Å²) in [6.45, 7) is 0. The molecule has 2 aromatic heterocycles. The number of hydrogen-bond donors (Lipinski definition) is 0. The molecule has 1 aliphatic heterocycles. The number of para-hydroxylation sites is 6. The summed E-state index contributed by atoms with van der Waals surface area (Å²) in [5.74, 6) is 1.63. The van der Waals surface area contributed by atoms with Gasteiger partial charge in [-0.3, -0.25) is 0 Å². The molecule has 12 aromatic rings. The summed E-state index contributed by atoms with van der Waals surface area (Å²) in [6.07, 6.45) is 0. The van der Waals surface area contributed by atoms with Crippen LogP contribution in [-0.2, 0) is 0 Å². The first kappa shape index (κ1) is 35.6. The lowest BCUT2D eigenvalue weighted by molar-refractivity contribution is 0.477. The standard InChI is InChI=1S/C58H37N3OS/c1-2-17-44-38(15-1)16-13-27-50(44)59(40-33-31-39(32-34-40)45-21-14-22-49-48-20-5-12-30-57(48)63-58(45)49)41-35-42(60-51-23-6-3-18-46(51)47-19-4-7-24-52(47)60)37-43(36-41)61-53-25-8-10-28-55(53)62-56-29-11-9-26-54(56)61/h1-37H. The fourth-order valence-corrected chi connectivity index (χ4v) is 11.0. The molecule has 0 unspecified atom stereocenters. The van der Waals surface area contributed by atoms with E-state index in [0.717, 1.165) is 62.3 Å². The molecule has 0 bridgehead atoms. The number of aromatic nitrogens is 1. The van der Waals surface area contributed by atoms with Crippen LogP contribution in [0, 0.1) is 0 Å². The van der Waals surface area contributed by atoms with E-state index in [9.17, 15) is 0 Å². The first-order valence-corrected chi connectivity index (χ1v) is 22.2. The first-order chi connectivity index (χ1) is 31.2. The molecule has 0 aliphatic carbocycles. The Morgan fingerprint density at radius 2 is 0.984 bits per heavy atom. The van der Waals surface area contributed by atoms with Crippen LogP contribution in [0.25, 0.3) is 69.6 Å². The minimum Gasteiger partial charge on any atom is -0.453 e. The van der Waals surface area contributed by atoms with Gasteiger partial charge in [-0.25, -0.2) is 0 Å². The zero-order valence-electron chi connectivity index (χ0n) is 34.0. The molecule has 296 valence electrons. The molecule has 10 aromatic carbocycles. The van der Waals surface area contributed by atoms with Crippen molar-refractivity contribution >= 4 is 98.2 Å². The molecular weight excluding hydrogens is 787 g/mol. The van der Waals surface area contributed by atoms with Gasteiger partial charge in [-0.05, 0) is 95.4 Å². The lowest BCUT2D eigenvalue weighted by Gasteiger charge is -2.34. The average Bonchev–Trinajstić information content (AvgIpc) is 3.90. The maximum Gasteiger partial charge on any atom is 0.151 e. The average molecular weight is 824 g/mol. The Balaban J connectivity index is 1.08. The number of nitrogens with zero attached hydrogens (tertiary/aromatic N) is 3. The van der Waals surface area contributed by atoms with E-state index in [1.165, 1.54) is 52.8 Å². The fourth-order valence-electron chi connectivity index (χ4n) is 9.75. The van der Waals surface area contributed by atoms with Gasteiger partial charge in [0.1, 0.15) is 0 Å². The van der Waals surface area contributed by atoms with Crippen molar-refractivity contribution in [1.82, 2.24) is 4.57 Å². The molecule has 0 saturated heterocycles. The smallest absolute Gasteiger partial charge is 0.151 e. The second-order valence-electron chi connectivity index (χ2n) is 16.1. The van der Waals surface area contributed by atoms with Crippen LogP contribution in [0.1, 0.15) is 0 Å². The van der Waals surface area contributed by atoms with E-state index in [2.05, 4.69) is 227 Å². The van der Waals surface area contributed by atoms with Crippen LogP contribution < -0.4 is 14.5 Å².